The zero-order valence-electron chi connectivity index (χ0n) is 14.2. The van der Waals surface area contributed by atoms with Crippen LogP contribution in [-0.2, 0) is 12.0 Å². The molecule has 1 aromatic carbocycles. The van der Waals surface area contributed by atoms with E-state index in [-0.39, 0.29) is 11.7 Å². The fourth-order valence-electron chi connectivity index (χ4n) is 4.51. The highest BCUT2D eigenvalue weighted by molar-refractivity contribution is 5.52. The second-order valence-corrected chi connectivity index (χ2v) is 7.63. The molecule has 23 heavy (non-hydrogen) atoms. The van der Waals surface area contributed by atoms with Crippen molar-refractivity contribution in [3.63, 3.8) is 0 Å². The van der Waals surface area contributed by atoms with Crippen molar-refractivity contribution in [3.05, 3.63) is 28.8 Å². The maximum Gasteiger partial charge on any atom is 0.168 e. The third kappa shape index (κ3) is 2.28. The Morgan fingerprint density at radius 2 is 1.83 bits per heavy atom. The van der Waals surface area contributed by atoms with Crippen LogP contribution in [0.5, 0.6) is 5.75 Å². The Balaban J connectivity index is 2.18. The maximum atomic E-state index is 14.4. The van der Waals surface area contributed by atoms with Crippen LogP contribution in [0.25, 0.3) is 0 Å². The summed E-state index contributed by atoms with van der Waals surface area (Å²) < 4.78 is 33.8. The minimum Gasteiger partial charge on any atom is -0.493 e. The molecule has 0 saturated carbocycles. The average Bonchev–Trinajstić information content (AvgIpc) is 2.70. The van der Waals surface area contributed by atoms with E-state index >= 15 is 0 Å². The van der Waals surface area contributed by atoms with Gasteiger partial charge < -0.3 is 14.7 Å². The molecule has 1 aliphatic carbocycles. The lowest BCUT2D eigenvalue weighted by atomic mass is 9.65. The van der Waals surface area contributed by atoms with E-state index in [1.54, 1.807) is 0 Å². The first-order valence-corrected chi connectivity index (χ1v) is 8.18. The number of hydrogen-bond acceptors (Lipinski definition) is 3. The summed E-state index contributed by atoms with van der Waals surface area (Å²) in [5.41, 5.74) is -1.12. The second-order valence-electron chi connectivity index (χ2n) is 7.63. The van der Waals surface area contributed by atoms with Gasteiger partial charge in [-0.3, -0.25) is 0 Å². The summed E-state index contributed by atoms with van der Waals surface area (Å²) in [6, 6.07) is 0.869. The summed E-state index contributed by atoms with van der Waals surface area (Å²) in [6.07, 6.45) is 1.99. The third-order valence-electron chi connectivity index (χ3n) is 5.83. The normalized spacial score (nSPS) is 28.0. The predicted octanol–water partition coefficient (Wildman–Crippen LogP) is 3.09. The minimum absolute atomic E-state index is 0.00611. The molecule has 3 nitrogen and oxygen atoms in total. The van der Waals surface area contributed by atoms with Crippen molar-refractivity contribution in [1.82, 2.24) is 4.90 Å². The molecule has 1 aromatic rings. The van der Waals surface area contributed by atoms with E-state index in [4.69, 9.17) is 4.74 Å². The minimum atomic E-state index is -1.28. The Morgan fingerprint density at radius 3 is 2.39 bits per heavy atom. The average molecular weight is 325 g/mol. The quantitative estimate of drug-likeness (QED) is 0.907. The van der Waals surface area contributed by atoms with Crippen LogP contribution in [-0.4, -0.2) is 37.3 Å². The molecule has 1 fully saturated rings. The molecule has 3 rings (SSSR count). The van der Waals surface area contributed by atoms with Crippen LogP contribution in [0.1, 0.15) is 37.8 Å². The molecule has 1 unspecified atom stereocenters. The van der Waals surface area contributed by atoms with Gasteiger partial charge in [0.1, 0.15) is 11.4 Å². The topological polar surface area (TPSA) is 32.7 Å². The lowest BCUT2D eigenvalue weighted by Gasteiger charge is -2.46. The van der Waals surface area contributed by atoms with E-state index in [1.165, 1.54) is 7.11 Å². The zero-order valence-corrected chi connectivity index (χ0v) is 14.2. The molecule has 128 valence electrons. The Kier molecular flexibility index (Phi) is 3.92. The van der Waals surface area contributed by atoms with Gasteiger partial charge in [-0.25, -0.2) is 8.78 Å². The fraction of sp³-hybridized carbons (Fsp3) is 0.667. The molecule has 1 atom stereocenters. The monoisotopic (exact) mass is 325 g/mol. The molecule has 0 spiro atoms. The summed E-state index contributed by atoms with van der Waals surface area (Å²) in [7, 11) is 3.42. The number of aliphatic hydroxyl groups is 1. The number of methoxy groups -OCH3 is 1. The van der Waals surface area contributed by atoms with Gasteiger partial charge in [-0.1, -0.05) is 13.8 Å². The van der Waals surface area contributed by atoms with Crippen LogP contribution in [0.2, 0.25) is 0 Å². The first-order valence-electron chi connectivity index (χ1n) is 8.18. The van der Waals surface area contributed by atoms with Gasteiger partial charge in [-0.15, -0.1) is 0 Å². The molecule has 1 N–H and O–H groups in total. The second kappa shape index (κ2) is 5.42. The van der Waals surface area contributed by atoms with E-state index in [2.05, 4.69) is 4.90 Å². The van der Waals surface area contributed by atoms with E-state index in [0.29, 0.717) is 17.5 Å². The van der Waals surface area contributed by atoms with Crippen molar-refractivity contribution in [1.29, 1.82) is 0 Å². The molecule has 1 aliphatic heterocycles. The van der Waals surface area contributed by atoms with Crippen molar-refractivity contribution in [3.8, 4) is 5.75 Å². The zero-order chi connectivity index (χ0) is 17.0. The molecular formula is C18H25F2NO2. The van der Waals surface area contributed by atoms with Gasteiger partial charge in [0.15, 0.2) is 11.6 Å². The Morgan fingerprint density at radius 1 is 1.22 bits per heavy atom. The Bertz CT molecular complexity index is 624. The van der Waals surface area contributed by atoms with Gasteiger partial charge in [0.2, 0.25) is 0 Å². The largest absolute Gasteiger partial charge is 0.493 e. The number of nitrogens with zero attached hydrogens (tertiary/aromatic N) is 1. The van der Waals surface area contributed by atoms with Crippen molar-refractivity contribution < 1.29 is 18.6 Å². The summed E-state index contributed by atoms with van der Waals surface area (Å²) >= 11 is 0. The van der Waals surface area contributed by atoms with Crippen molar-refractivity contribution in [2.24, 2.45) is 11.3 Å². The van der Waals surface area contributed by atoms with Crippen LogP contribution >= 0.6 is 0 Å². The van der Waals surface area contributed by atoms with Gasteiger partial charge >= 0.3 is 0 Å². The Hall–Kier alpha value is -1.20. The maximum absolute atomic E-state index is 14.4. The summed E-state index contributed by atoms with van der Waals surface area (Å²) in [5, 5.41) is 11.7. The lowest BCUT2D eigenvalue weighted by Crippen LogP contribution is -2.49. The first kappa shape index (κ1) is 16.7. The van der Waals surface area contributed by atoms with Crippen molar-refractivity contribution in [2.45, 2.75) is 38.7 Å². The molecule has 0 bridgehead atoms. The van der Waals surface area contributed by atoms with Gasteiger partial charge in [-0.2, -0.15) is 0 Å². The van der Waals surface area contributed by atoms with Gasteiger partial charge in [0, 0.05) is 17.0 Å². The number of likely N-dealkylation sites (tertiary alicyclic amines) is 1. The van der Waals surface area contributed by atoms with Crippen LogP contribution < -0.4 is 4.74 Å². The van der Waals surface area contributed by atoms with Gasteiger partial charge in [-0.05, 0) is 50.9 Å². The van der Waals surface area contributed by atoms with Gasteiger partial charge in [0.05, 0.1) is 7.11 Å². The smallest absolute Gasteiger partial charge is 0.168 e. The van der Waals surface area contributed by atoms with E-state index in [1.807, 2.05) is 20.9 Å². The lowest BCUT2D eigenvalue weighted by molar-refractivity contribution is -0.122. The highest BCUT2D eigenvalue weighted by atomic mass is 19.1. The van der Waals surface area contributed by atoms with Crippen LogP contribution in [0.4, 0.5) is 8.78 Å². The SMILES string of the molecule is COc1c(F)cc(F)c2c1C(O)(C1CCN(C)CC1)C(C)(C)C2. The predicted molar refractivity (Wildman–Crippen MR) is 84.5 cm³/mol. The molecule has 0 amide bonds. The van der Waals surface area contributed by atoms with Crippen LogP contribution in [0.15, 0.2) is 6.07 Å². The number of halogens is 2. The number of piperidine rings is 1. The summed E-state index contributed by atoms with van der Waals surface area (Å²) in [6.45, 7) is 5.61. The highest BCUT2D eigenvalue weighted by Gasteiger charge is 2.58. The van der Waals surface area contributed by atoms with Crippen LogP contribution in [0, 0.1) is 23.0 Å². The third-order valence-corrected chi connectivity index (χ3v) is 5.83. The van der Waals surface area contributed by atoms with E-state index in [9.17, 15) is 13.9 Å². The number of benzene rings is 1. The molecule has 1 heterocycles. The first-order chi connectivity index (χ1) is 10.7. The number of rotatable bonds is 2. The fourth-order valence-corrected chi connectivity index (χ4v) is 4.51. The summed E-state index contributed by atoms with van der Waals surface area (Å²) in [5.74, 6) is -1.37. The van der Waals surface area contributed by atoms with Gasteiger partial charge in [0.25, 0.3) is 0 Å². The van der Waals surface area contributed by atoms with Crippen molar-refractivity contribution in [2.75, 3.05) is 27.2 Å². The molecule has 5 heteroatoms. The molecule has 1 saturated heterocycles. The molecular weight excluding hydrogens is 300 g/mol. The standard InChI is InChI=1S/C18H25F2NO2/c1-17(2)10-12-13(19)9-14(20)16(23-4)15(12)18(17,22)11-5-7-21(3)8-6-11/h9,11,22H,5-8,10H2,1-4H3. The van der Waals surface area contributed by atoms with E-state index in [0.717, 1.165) is 32.0 Å². The molecule has 0 radical (unpaired) electrons. The molecule has 0 aromatic heterocycles. The number of ether oxygens (including phenoxy) is 1. The Labute approximate surface area is 136 Å². The summed E-state index contributed by atoms with van der Waals surface area (Å²) in [4.78, 5) is 2.21. The number of hydrogen-bond donors (Lipinski definition) is 1. The number of fused-ring (bicyclic) bond motifs is 1. The van der Waals surface area contributed by atoms with Crippen LogP contribution in [0.3, 0.4) is 0 Å². The van der Waals surface area contributed by atoms with Crippen molar-refractivity contribution >= 4 is 0 Å². The van der Waals surface area contributed by atoms with E-state index < -0.39 is 22.7 Å². The molecule has 2 aliphatic rings. The highest BCUT2D eigenvalue weighted by Crippen LogP contribution is 2.59.